The fourth-order valence-electron chi connectivity index (χ4n) is 2.20. The summed E-state index contributed by atoms with van der Waals surface area (Å²) in [6.07, 6.45) is 1.80. The number of benzene rings is 2. The Morgan fingerprint density at radius 1 is 1.00 bits per heavy atom. The first-order valence-corrected chi connectivity index (χ1v) is 6.95. The van der Waals surface area contributed by atoms with E-state index in [9.17, 15) is 0 Å². The molecule has 2 aromatic carbocycles. The van der Waals surface area contributed by atoms with Gasteiger partial charge in [-0.05, 0) is 31.5 Å². The van der Waals surface area contributed by atoms with Gasteiger partial charge in [0.05, 0.1) is 16.9 Å². The quantitative estimate of drug-likeness (QED) is 0.569. The first-order chi connectivity index (χ1) is 10.2. The van der Waals surface area contributed by atoms with Gasteiger partial charge >= 0.3 is 0 Å². The average Bonchev–Trinajstić information content (AvgIpc) is 2.53. The number of hydrogen-bond donors (Lipinski definition) is 1. The van der Waals surface area contributed by atoms with E-state index < -0.39 is 0 Å². The van der Waals surface area contributed by atoms with Gasteiger partial charge < -0.3 is 0 Å². The maximum Gasteiger partial charge on any atom is 0.0951 e. The molecule has 3 aromatic rings. The Labute approximate surface area is 124 Å². The molecule has 0 saturated heterocycles. The zero-order valence-electron chi connectivity index (χ0n) is 12.2. The summed E-state index contributed by atoms with van der Waals surface area (Å²) in [7, 11) is 0. The van der Waals surface area contributed by atoms with Gasteiger partial charge in [-0.15, -0.1) is 0 Å². The summed E-state index contributed by atoms with van der Waals surface area (Å²) >= 11 is 0. The Morgan fingerprint density at radius 2 is 1.76 bits per heavy atom. The van der Waals surface area contributed by atoms with Crippen molar-refractivity contribution in [2.75, 3.05) is 5.43 Å². The fourth-order valence-corrected chi connectivity index (χ4v) is 2.20. The summed E-state index contributed by atoms with van der Waals surface area (Å²) in [5, 5.41) is 5.57. The molecule has 0 aliphatic heterocycles. The van der Waals surface area contributed by atoms with E-state index in [0.29, 0.717) is 0 Å². The van der Waals surface area contributed by atoms with E-state index >= 15 is 0 Å². The van der Waals surface area contributed by atoms with Crippen LogP contribution < -0.4 is 5.43 Å². The lowest BCUT2D eigenvalue weighted by Gasteiger charge is -2.06. The van der Waals surface area contributed by atoms with Crippen LogP contribution >= 0.6 is 0 Å². The predicted molar refractivity (Wildman–Crippen MR) is 88.8 cm³/mol. The van der Waals surface area contributed by atoms with Gasteiger partial charge in [-0.25, -0.2) is 0 Å². The zero-order valence-corrected chi connectivity index (χ0v) is 12.2. The highest BCUT2D eigenvalue weighted by Gasteiger charge is 2.01. The Kier molecular flexibility index (Phi) is 3.65. The van der Waals surface area contributed by atoms with Gasteiger partial charge in [-0.3, -0.25) is 10.4 Å². The smallest absolute Gasteiger partial charge is 0.0951 e. The molecule has 1 N–H and O–H groups in total. The highest BCUT2D eigenvalue weighted by molar-refractivity contribution is 5.99. The van der Waals surface area contributed by atoms with Crippen LogP contribution in [0.5, 0.6) is 0 Å². The molecule has 0 fully saturated rings. The van der Waals surface area contributed by atoms with E-state index in [1.807, 2.05) is 37.3 Å². The molecule has 3 nitrogen and oxygen atoms in total. The van der Waals surface area contributed by atoms with Gasteiger partial charge in [-0.1, -0.05) is 48.0 Å². The second kappa shape index (κ2) is 5.75. The second-order valence-corrected chi connectivity index (χ2v) is 5.06. The molecular formula is C18H17N3. The zero-order chi connectivity index (χ0) is 14.7. The van der Waals surface area contributed by atoms with Crippen molar-refractivity contribution in [2.45, 2.75) is 13.8 Å². The third-order valence-electron chi connectivity index (χ3n) is 3.45. The molecule has 3 heteroatoms. The number of nitrogens with one attached hydrogen (secondary N) is 1. The standard InChI is InChI=1S/C18H17N3/c1-13-8-10-15(11-9-13)14(2)20-21-17-7-3-5-16-6-4-12-19-18(16)17/h3-12,21H,1-2H3. The molecule has 0 amide bonds. The minimum atomic E-state index is 0.916. The Bertz CT molecular complexity index is 784. The van der Waals surface area contributed by atoms with Crippen LogP contribution in [0.3, 0.4) is 0 Å². The number of nitrogens with zero attached hydrogens (tertiary/aromatic N) is 2. The van der Waals surface area contributed by atoms with Crippen molar-refractivity contribution >= 4 is 22.3 Å². The van der Waals surface area contributed by atoms with E-state index in [-0.39, 0.29) is 0 Å². The lowest BCUT2D eigenvalue weighted by Crippen LogP contribution is -2.00. The number of fused-ring (bicyclic) bond motifs is 1. The van der Waals surface area contributed by atoms with Gasteiger partial charge in [0.2, 0.25) is 0 Å². The molecular weight excluding hydrogens is 258 g/mol. The van der Waals surface area contributed by atoms with Gasteiger partial charge in [0.25, 0.3) is 0 Å². The second-order valence-electron chi connectivity index (χ2n) is 5.06. The maximum atomic E-state index is 4.47. The van der Waals surface area contributed by atoms with E-state index in [0.717, 1.165) is 27.9 Å². The largest absolute Gasteiger partial charge is 0.276 e. The summed E-state index contributed by atoms with van der Waals surface area (Å²) in [6.45, 7) is 4.08. The summed E-state index contributed by atoms with van der Waals surface area (Å²) in [5.41, 5.74) is 8.28. The third-order valence-corrected chi connectivity index (χ3v) is 3.45. The maximum absolute atomic E-state index is 4.47. The molecule has 0 radical (unpaired) electrons. The first kappa shape index (κ1) is 13.3. The minimum Gasteiger partial charge on any atom is -0.276 e. The van der Waals surface area contributed by atoms with Crippen molar-refractivity contribution in [3.63, 3.8) is 0 Å². The monoisotopic (exact) mass is 275 g/mol. The number of aryl methyl sites for hydroxylation is 1. The third kappa shape index (κ3) is 2.92. The van der Waals surface area contributed by atoms with Crippen LogP contribution in [0.15, 0.2) is 65.9 Å². The molecule has 0 atom stereocenters. The first-order valence-electron chi connectivity index (χ1n) is 6.95. The van der Waals surface area contributed by atoms with Crippen LogP contribution in [0.1, 0.15) is 18.1 Å². The SMILES string of the molecule is CC(=NNc1cccc2cccnc12)c1ccc(C)cc1. The predicted octanol–water partition coefficient (Wildman–Crippen LogP) is 4.38. The lowest BCUT2D eigenvalue weighted by molar-refractivity contribution is 1.31. The molecule has 1 heterocycles. The highest BCUT2D eigenvalue weighted by atomic mass is 15.3. The summed E-state index contributed by atoms with van der Waals surface area (Å²) in [4.78, 5) is 4.41. The van der Waals surface area contributed by atoms with Gasteiger partial charge in [0.1, 0.15) is 0 Å². The molecule has 0 bridgehead atoms. The molecule has 1 aromatic heterocycles. The molecule has 3 rings (SSSR count). The topological polar surface area (TPSA) is 37.3 Å². The van der Waals surface area contributed by atoms with Gasteiger partial charge in [0, 0.05) is 11.6 Å². The van der Waals surface area contributed by atoms with Crippen LogP contribution in [-0.2, 0) is 0 Å². The number of anilines is 1. The van der Waals surface area contributed by atoms with Gasteiger partial charge in [0.15, 0.2) is 0 Å². The number of aromatic nitrogens is 1. The van der Waals surface area contributed by atoms with Crippen LogP contribution in [0.25, 0.3) is 10.9 Å². The number of hydrogen-bond acceptors (Lipinski definition) is 3. The van der Waals surface area contributed by atoms with E-state index in [4.69, 9.17) is 0 Å². The van der Waals surface area contributed by atoms with Crippen molar-refractivity contribution in [3.8, 4) is 0 Å². The van der Waals surface area contributed by atoms with Crippen molar-refractivity contribution in [1.82, 2.24) is 4.98 Å². The highest BCUT2D eigenvalue weighted by Crippen LogP contribution is 2.20. The van der Waals surface area contributed by atoms with Crippen molar-refractivity contribution in [2.24, 2.45) is 5.10 Å². The van der Waals surface area contributed by atoms with Gasteiger partial charge in [-0.2, -0.15) is 5.10 Å². The molecule has 104 valence electrons. The van der Waals surface area contributed by atoms with Crippen molar-refractivity contribution in [1.29, 1.82) is 0 Å². The van der Waals surface area contributed by atoms with Crippen LogP contribution in [0.4, 0.5) is 5.69 Å². The summed E-state index contributed by atoms with van der Waals surface area (Å²) < 4.78 is 0. The number of para-hydroxylation sites is 1. The number of pyridine rings is 1. The molecule has 0 spiro atoms. The molecule has 0 aliphatic carbocycles. The normalized spacial score (nSPS) is 11.6. The van der Waals surface area contributed by atoms with E-state index in [1.54, 1.807) is 6.20 Å². The number of hydrazone groups is 1. The van der Waals surface area contributed by atoms with Crippen molar-refractivity contribution < 1.29 is 0 Å². The van der Waals surface area contributed by atoms with Crippen LogP contribution in [0, 0.1) is 6.92 Å². The lowest BCUT2D eigenvalue weighted by atomic mass is 10.1. The summed E-state index contributed by atoms with van der Waals surface area (Å²) in [5.74, 6) is 0. The van der Waals surface area contributed by atoms with E-state index in [2.05, 4.69) is 46.7 Å². The van der Waals surface area contributed by atoms with E-state index in [1.165, 1.54) is 5.56 Å². The Morgan fingerprint density at radius 3 is 2.57 bits per heavy atom. The Hall–Kier alpha value is -2.68. The molecule has 21 heavy (non-hydrogen) atoms. The summed E-state index contributed by atoms with van der Waals surface area (Å²) in [6, 6.07) is 18.4. The van der Waals surface area contributed by atoms with Crippen molar-refractivity contribution in [3.05, 3.63) is 71.9 Å². The minimum absolute atomic E-state index is 0.916. The molecule has 0 unspecified atom stereocenters. The van der Waals surface area contributed by atoms with Crippen LogP contribution in [-0.4, -0.2) is 10.7 Å². The molecule has 0 saturated carbocycles. The van der Waals surface area contributed by atoms with Crippen LogP contribution in [0.2, 0.25) is 0 Å². The average molecular weight is 275 g/mol. The molecule has 0 aliphatic rings. The fraction of sp³-hybridized carbons (Fsp3) is 0.111. The number of rotatable bonds is 3. The Balaban J connectivity index is 1.88.